The van der Waals surface area contributed by atoms with E-state index in [0.717, 1.165) is 5.56 Å². The maximum atomic E-state index is 12.5. The quantitative estimate of drug-likeness (QED) is 0.806. The predicted molar refractivity (Wildman–Crippen MR) is 76.1 cm³/mol. The Hall–Kier alpha value is -2.34. The number of carboxylic acids is 1. The first-order valence-corrected chi connectivity index (χ1v) is 7.01. The third-order valence-electron chi connectivity index (χ3n) is 4.09. The van der Waals surface area contributed by atoms with Crippen LogP contribution in [0.15, 0.2) is 30.4 Å². The van der Waals surface area contributed by atoms with E-state index in [2.05, 4.69) is 5.32 Å². The molecule has 1 N–H and O–H groups in total. The van der Waals surface area contributed by atoms with E-state index in [1.165, 1.54) is 7.11 Å². The molecular formula is C16H16NO5-. The fourth-order valence-electron chi connectivity index (χ4n) is 3.04. The van der Waals surface area contributed by atoms with Crippen molar-refractivity contribution in [2.45, 2.75) is 19.1 Å². The number of amides is 1. The monoisotopic (exact) mass is 302 g/mol. The van der Waals surface area contributed by atoms with Gasteiger partial charge in [-0.1, -0.05) is 18.2 Å². The molecule has 2 aliphatic rings. The van der Waals surface area contributed by atoms with Crippen molar-refractivity contribution in [1.82, 2.24) is 0 Å². The summed E-state index contributed by atoms with van der Waals surface area (Å²) in [6, 6.07) is 5.38. The Labute approximate surface area is 127 Å². The van der Waals surface area contributed by atoms with Crippen LogP contribution in [0, 0.1) is 18.8 Å². The summed E-state index contributed by atoms with van der Waals surface area (Å²) in [5.74, 6) is -2.93. The van der Waals surface area contributed by atoms with Gasteiger partial charge in [-0.3, -0.25) is 4.79 Å². The topological polar surface area (TPSA) is 87.7 Å². The van der Waals surface area contributed by atoms with Gasteiger partial charge in [0.1, 0.15) is 5.75 Å². The molecule has 0 spiro atoms. The van der Waals surface area contributed by atoms with Crippen LogP contribution < -0.4 is 15.2 Å². The lowest BCUT2D eigenvalue weighted by Gasteiger charge is -2.25. The zero-order chi connectivity index (χ0) is 15.9. The Kier molecular flexibility index (Phi) is 3.62. The van der Waals surface area contributed by atoms with Crippen molar-refractivity contribution >= 4 is 17.6 Å². The molecule has 0 radical (unpaired) electrons. The van der Waals surface area contributed by atoms with Gasteiger partial charge in [0.05, 0.1) is 30.9 Å². The fourth-order valence-corrected chi connectivity index (χ4v) is 3.04. The van der Waals surface area contributed by atoms with Crippen molar-refractivity contribution in [3.63, 3.8) is 0 Å². The van der Waals surface area contributed by atoms with Crippen molar-refractivity contribution in [1.29, 1.82) is 0 Å². The number of aliphatic carboxylic acids is 1. The highest BCUT2D eigenvalue weighted by molar-refractivity contribution is 5.97. The third-order valence-corrected chi connectivity index (χ3v) is 4.09. The number of anilines is 1. The number of fused-ring (bicyclic) bond motifs is 2. The van der Waals surface area contributed by atoms with Crippen LogP contribution in [0.4, 0.5) is 5.69 Å². The minimum absolute atomic E-state index is 0.407. The molecule has 2 aliphatic heterocycles. The van der Waals surface area contributed by atoms with Crippen molar-refractivity contribution in [3.05, 3.63) is 35.9 Å². The predicted octanol–water partition coefficient (Wildman–Crippen LogP) is 0.262. The fraction of sp³-hybridized carbons (Fsp3) is 0.375. The molecule has 116 valence electrons. The summed E-state index contributed by atoms with van der Waals surface area (Å²) in [5.41, 5.74) is 1.47. The minimum atomic E-state index is -1.27. The first-order chi connectivity index (χ1) is 10.5. The molecule has 1 amide bonds. The number of ether oxygens (including phenoxy) is 2. The van der Waals surface area contributed by atoms with E-state index in [9.17, 15) is 14.7 Å². The van der Waals surface area contributed by atoms with Gasteiger partial charge in [-0.15, -0.1) is 0 Å². The zero-order valence-electron chi connectivity index (χ0n) is 12.2. The van der Waals surface area contributed by atoms with Gasteiger partial charge in [0.25, 0.3) is 0 Å². The highest BCUT2D eigenvalue weighted by Gasteiger charge is 2.50. The first-order valence-electron chi connectivity index (χ1n) is 7.01. The summed E-state index contributed by atoms with van der Waals surface area (Å²) >= 11 is 0. The molecule has 1 fully saturated rings. The number of carboxylic acid groups (broad SMARTS) is 1. The second-order valence-corrected chi connectivity index (χ2v) is 5.51. The van der Waals surface area contributed by atoms with Crippen LogP contribution in [-0.2, 0) is 14.3 Å². The smallest absolute Gasteiger partial charge is 0.231 e. The van der Waals surface area contributed by atoms with Gasteiger partial charge < -0.3 is 24.7 Å². The Morgan fingerprint density at radius 2 is 1.91 bits per heavy atom. The first kappa shape index (κ1) is 14.6. The number of nitrogens with one attached hydrogen (secondary N) is 1. The van der Waals surface area contributed by atoms with Crippen molar-refractivity contribution in [2.24, 2.45) is 11.8 Å². The Morgan fingerprint density at radius 3 is 2.55 bits per heavy atom. The third kappa shape index (κ3) is 2.35. The second-order valence-electron chi connectivity index (χ2n) is 5.51. The summed E-state index contributed by atoms with van der Waals surface area (Å²) in [6.45, 7) is 1.89. The van der Waals surface area contributed by atoms with E-state index < -0.39 is 35.9 Å². The van der Waals surface area contributed by atoms with Crippen LogP contribution >= 0.6 is 0 Å². The van der Waals surface area contributed by atoms with Gasteiger partial charge in [0.2, 0.25) is 5.91 Å². The number of carbonyl (C=O) groups excluding carboxylic acids is 2. The average molecular weight is 302 g/mol. The molecule has 0 aliphatic carbocycles. The molecule has 22 heavy (non-hydrogen) atoms. The summed E-state index contributed by atoms with van der Waals surface area (Å²) in [7, 11) is 1.51. The molecule has 4 atom stereocenters. The van der Waals surface area contributed by atoms with Crippen LogP contribution in [0.1, 0.15) is 5.56 Å². The highest BCUT2D eigenvalue weighted by Crippen LogP contribution is 2.40. The second kappa shape index (κ2) is 5.46. The summed E-state index contributed by atoms with van der Waals surface area (Å²) in [4.78, 5) is 23.8. The Bertz CT molecular complexity index is 654. The maximum absolute atomic E-state index is 12.5. The number of rotatable bonds is 4. The van der Waals surface area contributed by atoms with E-state index in [1.807, 2.05) is 13.0 Å². The van der Waals surface area contributed by atoms with E-state index in [-0.39, 0.29) is 0 Å². The molecular weight excluding hydrogens is 286 g/mol. The SMILES string of the molecule is COc1ccc(C)cc1NC(=O)[C@@H]1[C@@H](C(=O)[O-])[C@@H]2C=C[C@H]1O2. The van der Waals surface area contributed by atoms with Crippen LogP contribution in [-0.4, -0.2) is 31.2 Å². The minimum Gasteiger partial charge on any atom is -0.550 e. The molecule has 1 aromatic rings. The summed E-state index contributed by atoms with van der Waals surface area (Å²) in [6.07, 6.45) is 2.28. The number of carbonyl (C=O) groups is 2. The average Bonchev–Trinajstić information content (AvgIpc) is 3.08. The van der Waals surface area contributed by atoms with Crippen molar-refractivity contribution < 1.29 is 24.2 Å². The Morgan fingerprint density at radius 1 is 1.23 bits per heavy atom. The molecule has 2 heterocycles. The lowest BCUT2D eigenvalue weighted by Crippen LogP contribution is -2.45. The number of hydrogen-bond acceptors (Lipinski definition) is 5. The molecule has 1 aromatic carbocycles. The standard InChI is InChI=1S/C16H17NO5/c1-8-3-4-10(21-2)9(7-8)17-15(18)13-11-5-6-12(22-11)14(13)16(19)20/h3-7,11-14H,1-2H3,(H,17,18)(H,19,20)/p-1/t11-,12+,13+,14+/m1/s1. The van der Waals surface area contributed by atoms with E-state index >= 15 is 0 Å². The van der Waals surface area contributed by atoms with Gasteiger partial charge in [-0.2, -0.15) is 0 Å². The largest absolute Gasteiger partial charge is 0.550 e. The van der Waals surface area contributed by atoms with Gasteiger partial charge in [0.15, 0.2) is 0 Å². The maximum Gasteiger partial charge on any atom is 0.231 e. The van der Waals surface area contributed by atoms with Crippen LogP contribution in [0.2, 0.25) is 0 Å². The lowest BCUT2D eigenvalue weighted by atomic mass is 9.82. The molecule has 0 aromatic heterocycles. The molecule has 1 saturated heterocycles. The number of benzene rings is 1. The summed E-state index contributed by atoms with van der Waals surface area (Å²) < 4.78 is 10.7. The number of aryl methyl sites for hydroxylation is 1. The molecule has 0 saturated carbocycles. The van der Waals surface area contributed by atoms with Gasteiger partial charge in [-0.25, -0.2) is 0 Å². The van der Waals surface area contributed by atoms with Gasteiger partial charge in [-0.05, 0) is 24.6 Å². The Balaban J connectivity index is 1.84. The van der Waals surface area contributed by atoms with Crippen LogP contribution in [0.5, 0.6) is 5.75 Å². The van der Waals surface area contributed by atoms with Crippen molar-refractivity contribution in [2.75, 3.05) is 12.4 Å². The van der Waals surface area contributed by atoms with E-state index in [4.69, 9.17) is 9.47 Å². The normalized spacial score (nSPS) is 28.6. The van der Waals surface area contributed by atoms with Crippen LogP contribution in [0.25, 0.3) is 0 Å². The highest BCUT2D eigenvalue weighted by atomic mass is 16.5. The van der Waals surface area contributed by atoms with E-state index in [1.54, 1.807) is 24.3 Å². The molecule has 0 unspecified atom stereocenters. The molecule has 6 heteroatoms. The van der Waals surface area contributed by atoms with Gasteiger partial charge >= 0.3 is 0 Å². The van der Waals surface area contributed by atoms with E-state index in [0.29, 0.717) is 11.4 Å². The van der Waals surface area contributed by atoms with Gasteiger partial charge in [0, 0.05) is 11.9 Å². The molecule has 6 nitrogen and oxygen atoms in total. The zero-order valence-corrected chi connectivity index (χ0v) is 12.2. The van der Waals surface area contributed by atoms with Crippen molar-refractivity contribution in [3.8, 4) is 5.75 Å². The molecule has 2 bridgehead atoms. The summed E-state index contributed by atoms with van der Waals surface area (Å²) in [5, 5.41) is 14.1. The molecule has 3 rings (SSSR count). The number of hydrogen-bond donors (Lipinski definition) is 1. The number of methoxy groups -OCH3 is 1. The lowest BCUT2D eigenvalue weighted by molar-refractivity contribution is -0.313. The van der Waals surface area contributed by atoms with Crippen LogP contribution in [0.3, 0.4) is 0 Å².